The summed E-state index contributed by atoms with van der Waals surface area (Å²) in [6.07, 6.45) is 2.89. The summed E-state index contributed by atoms with van der Waals surface area (Å²) in [5, 5.41) is 12.8. The van der Waals surface area contributed by atoms with Gasteiger partial charge in [-0.25, -0.2) is 4.98 Å². The van der Waals surface area contributed by atoms with Gasteiger partial charge in [-0.2, -0.15) is 4.98 Å². The van der Waals surface area contributed by atoms with Gasteiger partial charge >= 0.3 is 11.6 Å². The molecule has 0 fully saturated rings. The Morgan fingerprint density at radius 3 is 2.62 bits per heavy atom. The number of fused-ring (bicyclic) bond motifs is 1. The molecule has 2 aromatic carbocycles. The Morgan fingerprint density at radius 1 is 1.07 bits per heavy atom. The van der Waals surface area contributed by atoms with Gasteiger partial charge < -0.3 is 4.74 Å². The fraction of sp³-hybridized carbons (Fsp3) is 0.0500. The van der Waals surface area contributed by atoms with Gasteiger partial charge in [0.1, 0.15) is 11.8 Å². The second-order valence-electron chi connectivity index (χ2n) is 6.05. The lowest BCUT2D eigenvalue weighted by Gasteiger charge is -2.10. The molecule has 4 rings (SSSR count). The average molecular weight is 469 g/mol. The number of hydrogen-bond donors (Lipinski definition) is 0. The van der Waals surface area contributed by atoms with Crippen molar-refractivity contribution < 1.29 is 9.66 Å². The molecule has 9 heteroatoms. The molecule has 0 saturated carbocycles. The van der Waals surface area contributed by atoms with Gasteiger partial charge in [0.15, 0.2) is 10.8 Å². The van der Waals surface area contributed by atoms with E-state index in [1.54, 1.807) is 24.4 Å². The minimum atomic E-state index is -0.527. The first-order chi connectivity index (χ1) is 14.0. The number of hydrogen-bond acceptors (Lipinski definition) is 7. The van der Waals surface area contributed by atoms with Crippen molar-refractivity contribution in [2.75, 3.05) is 0 Å². The summed E-state index contributed by atoms with van der Waals surface area (Å²) in [5.74, 6) is 0.241. The van der Waals surface area contributed by atoms with E-state index in [1.165, 1.54) is 18.1 Å². The van der Waals surface area contributed by atoms with E-state index in [0.29, 0.717) is 11.3 Å². The van der Waals surface area contributed by atoms with Crippen LogP contribution < -0.4 is 4.74 Å². The molecule has 0 N–H and O–H groups in total. The molecule has 0 radical (unpaired) electrons. The van der Waals surface area contributed by atoms with Crippen LogP contribution in [0.4, 0.5) is 5.69 Å². The number of benzene rings is 2. The molecule has 0 aliphatic heterocycles. The molecule has 0 aliphatic carbocycles. The van der Waals surface area contributed by atoms with E-state index in [0.717, 1.165) is 20.3 Å². The average Bonchev–Trinajstić information content (AvgIpc) is 2.72. The molecule has 0 amide bonds. The summed E-state index contributed by atoms with van der Waals surface area (Å²) in [5.41, 5.74) is 1.39. The summed E-state index contributed by atoms with van der Waals surface area (Å²) in [6.45, 7) is 1.98. The fourth-order valence-electron chi connectivity index (χ4n) is 2.67. The zero-order chi connectivity index (χ0) is 20.4. The molecule has 0 bridgehead atoms. The number of aryl methyl sites for hydroxylation is 1. The summed E-state index contributed by atoms with van der Waals surface area (Å²) in [6, 6.07) is 14.8. The Morgan fingerprint density at radius 2 is 1.86 bits per heavy atom. The lowest BCUT2D eigenvalue weighted by atomic mass is 10.2. The smallest absolute Gasteiger partial charge is 0.363 e. The minimum Gasteiger partial charge on any atom is -0.431 e. The Balaban J connectivity index is 1.76. The molecule has 0 spiro atoms. The quantitative estimate of drug-likeness (QED) is 0.203. The van der Waals surface area contributed by atoms with Crippen molar-refractivity contribution in [2.45, 2.75) is 16.8 Å². The van der Waals surface area contributed by atoms with Crippen LogP contribution in [0.25, 0.3) is 10.9 Å². The summed E-state index contributed by atoms with van der Waals surface area (Å²) in [7, 11) is 0. The van der Waals surface area contributed by atoms with Crippen molar-refractivity contribution in [1.29, 1.82) is 0 Å². The topological polar surface area (TPSA) is 91.0 Å². The van der Waals surface area contributed by atoms with E-state index >= 15 is 0 Å². The van der Waals surface area contributed by atoms with Gasteiger partial charge in [-0.05, 0) is 37.3 Å². The van der Waals surface area contributed by atoms with Gasteiger partial charge in [-0.1, -0.05) is 51.5 Å². The van der Waals surface area contributed by atoms with Crippen molar-refractivity contribution in [3.8, 4) is 11.6 Å². The number of ether oxygens (including phenoxy) is 1. The minimum absolute atomic E-state index is 0.131. The summed E-state index contributed by atoms with van der Waals surface area (Å²) in [4.78, 5) is 24.6. The Bertz CT molecular complexity index is 1220. The number of halogens is 1. The van der Waals surface area contributed by atoms with Gasteiger partial charge in [0.05, 0.1) is 4.92 Å². The number of nitrogens with zero attached hydrogens (tertiary/aromatic N) is 4. The monoisotopic (exact) mass is 468 g/mol. The van der Waals surface area contributed by atoms with E-state index in [4.69, 9.17) is 4.74 Å². The van der Waals surface area contributed by atoms with Crippen LogP contribution in [-0.4, -0.2) is 19.9 Å². The molecule has 0 saturated heterocycles. The van der Waals surface area contributed by atoms with Crippen molar-refractivity contribution in [3.63, 3.8) is 0 Å². The maximum absolute atomic E-state index is 11.8. The van der Waals surface area contributed by atoms with Crippen molar-refractivity contribution >= 4 is 44.3 Å². The van der Waals surface area contributed by atoms with E-state index in [9.17, 15) is 10.1 Å². The Kier molecular flexibility index (Phi) is 5.41. The highest BCUT2D eigenvalue weighted by Crippen LogP contribution is 2.40. The van der Waals surface area contributed by atoms with Crippen LogP contribution in [0, 0.1) is 17.0 Å². The highest BCUT2D eigenvalue weighted by molar-refractivity contribution is 9.10. The molecule has 2 heterocycles. The number of nitro groups is 1. The van der Waals surface area contributed by atoms with Crippen molar-refractivity contribution in [3.05, 3.63) is 81.2 Å². The van der Waals surface area contributed by atoms with E-state index in [2.05, 4.69) is 30.9 Å². The Hall–Kier alpha value is -3.04. The maximum atomic E-state index is 11.8. The SMILES string of the molecule is Cc1ccc(Sc2ncnc(Oc3ccc(Br)c4cccnc34)c2[N+](=O)[O-])cc1. The van der Waals surface area contributed by atoms with Gasteiger partial charge in [-0.3, -0.25) is 15.1 Å². The molecule has 29 heavy (non-hydrogen) atoms. The first-order valence-corrected chi connectivity index (χ1v) is 10.1. The molecular weight excluding hydrogens is 456 g/mol. The predicted molar refractivity (Wildman–Crippen MR) is 114 cm³/mol. The van der Waals surface area contributed by atoms with Crippen molar-refractivity contribution in [2.24, 2.45) is 0 Å². The lowest BCUT2D eigenvalue weighted by molar-refractivity contribution is -0.389. The van der Waals surface area contributed by atoms with Crippen molar-refractivity contribution in [1.82, 2.24) is 15.0 Å². The zero-order valence-corrected chi connectivity index (χ0v) is 17.5. The highest BCUT2D eigenvalue weighted by atomic mass is 79.9. The second-order valence-corrected chi connectivity index (χ2v) is 7.97. The van der Waals surface area contributed by atoms with Crippen LogP contribution in [0.3, 0.4) is 0 Å². The van der Waals surface area contributed by atoms with Crippen LogP contribution in [0.15, 0.2) is 75.4 Å². The molecule has 4 aromatic rings. The van der Waals surface area contributed by atoms with Gasteiger partial charge in [0.2, 0.25) is 0 Å². The van der Waals surface area contributed by atoms with Gasteiger partial charge in [0.25, 0.3) is 0 Å². The molecule has 0 aliphatic rings. The number of aromatic nitrogens is 3. The third kappa shape index (κ3) is 4.06. The summed E-state index contributed by atoms with van der Waals surface area (Å²) < 4.78 is 6.70. The Labute approximate surface area is 178 Å². The van der Waals surface area contributed by atoms with Crippen LogP contribution in [0.2, 0.25) is 0 Å². The molecule has 144 valence electrons. The van der Waals surface area contributed by atoms with Crippen LogP contribution in [-0.2, 0) is 0 Å². The predicted octanol–water partition coefficient (Wildman–Crippen LogP) is 5.95. The number of pyridine rings is 1. The first-order valence-electron chi connectivity index (χ1n) is 8.48. The van der Waals surface area contributed by atoms with E-state index in [1.807, 2.05) is 37.3 Å². The van der Waals surface area contributed by atoms with Gasteiger partial charge in [0, 0.05) is 21.0 Å². The first kappa shape index (κ1) is 19.3. The highest BCUT2D eigenvalue weighted by Gasteiger charge is 2.26. The molecule has 2 aromatic heterocycles. The second kappa shape index (κ2) is 8.14. The van der Waals surface area contributed by atoms with Crippen LogP contribution in [0.5, 0.6) is 11.6 Å². The molecule has 7 nitrogen and oxygen atoms in total. The largest absolute Gasteiger partial charge is 0.431 e. The number of rotatable bonds is 5. The molecular formula is C20H13BrN4O3S. The third-order valence-corrected chi connectivity index (χ3v) is 5.75. The molecule has 0 atom stereocenters. The van der Waals surface area contributed by atoms with Crippen LogP contribution >= 0.6 is 27.7 Å². The summed E-state index contributed by atoms with van der Waals surface area (Å²) >= 11 is 4.66. The standard InChI is InChI=1S/C20H13BrN4O3S/c1-12-4-6-13(7-5-12)29-20-18(25(26)27)19(23-11-24-20)28-16-9-8-15(21)14-3-2-10-22-17(14)16/h2-11H,1H3. The van der Waals surface area contributed by atoms with Gasteiger partial charge in [-0.15, -0.1) is 0 Å². The molecule has 0 unspecified atom stereocenters. The third-order valence-electron chi connectivity index (χ3n) is 4.06. The zero-order valence-electron chi connectivity index (χ0n) is 15.1. The van der Waals surface area contributed by atoms with E-state index in [-0.39, 0.29) is 16.6 Å². The fourth-order valence-corrected chi connectivity index (χ4v) is 3.98. The normalized spacial score (nSPS) is 10.8. The van der Waals surface area contributed by atoms with E-state index < -0.39 is 4.92 Å². The maximum Gasteiger partial charge on any atom is 0.363 e. The van der Waals surface area contributed by atoms with Crippen LogP contribution in [0.1, 0.15) is 5.56 Å². The lowest BCUT2D eigenvalue weighted by Crippen LogP contribution is -2.00.